The van der Waals surface area contributed by atoms with Gasteiger partial charge in [-0.15, -0.1) is 5.10 Å². The van der Waals surface area contributed by atoms with Crippen molar-refractivity contribution >= 4 is 22.6 Å². The zero-order valence-electron chi connectivity index (χ0n) is 15.8. The number of nitrogens with one attached hydrogen (secondary N) is 1. The molecule has 0 saturated heterocycles. The molecule has 1 aliphatic rings. The first-order valence-corrected chi connectivity index (χ1v) is 9.56. The molecule has 148 valence electrons. The van der Waals surface area contributed by atoms with Crippen molar-refractivity contribution in [3.8, 4) is 5.82 Å². The van der Waals surface area contributed by atoms with E-state index in [1.54, 1.807) is 16.8 Å². The van der Waals surface area contributed by atoms with Gasteiger partial charge < -0.3 is 4.74 Å². The van der Waals surface area contributed by atoms with Crippen LogP contribution < -0.4 is 5.56 Å². The highest BCUT2D eigenvalue weighted by atomic mass is 16.5. The lowest BCUT2D eigenvalue weighted by atomic mass is 9.89. The molecule has 0 aliphatic heterocycles. The second-order valence-corrected chi connectivity index (χ2v) is 7.19. The second kappa shape index (κ2) is 6.80. The summed E-state index contributed by atoms with van der Waals surface area (Å²) < 4.78 is 7.69. The van der Waals surface area contributed by atoms with E-state index in [1.807, 2.05) is 0 Å². The fraction of sp³-hybridized carbons (Fsp3) is 0.368. The van der Waals surface area contributed by atoms with Crippen LogP contribution in [0, 0.1) is 0 Å². The number of esters is 1. The number of ether oxygens (including phenoxy) is 1. The van der Waals surface area contributed by atoms with E-state index in [9.17, 15) is 9.59 Å². The van der Waals surface area contributed by atoms with E-state index < -0.39 is 5.97 Å². The summed E-state index contributed by atoms with van der Waals surface area (Å²) in [5.41, 5.74) is 0.439. The standard InChI is InChI=1S/C19H19N7O3/c1-29-18(28)13-10-21-23-16(13)25-8-7-14-12(17(25)27)9-20-19-22-15(24-26(14)19)11-5-3-2-4-6-11/h7-11H,2-6H2,1H3,(H,21,23). The Bertz CT molecular complexity index is 1280. The molecule has 10 heteroatoms. The van der Waals surface area contributed by atoms with Crippen LogP contribution in [-0.2, 0) is 4.74 Å². The summed E-state index contributed by atoms with van der Waals surface area (Å²) in [6.45, 7) is 0. The molecule has 0 atom stereocenters. The molecule has 4 aromatic heterocycles. The van der Waals surface area contributed by atoms with Crippen molar-refractivity contribution in [3.63, 3.8) is 0 Å². The number of hydrogen-bond acceptors (Lipinski definition) is 7. The Hall–Kier alpha value is -3.56. The van der Waals surface area contributed by atoms with E-state index in [4.69, 9.17) is 4.74 Å². The van der Waals surface area contributed by atoms with Crippen LogP contribution in [0.15, 0.2) is 29.5 Å². The summed E-state index contributed by atoms with van der Waals surface area (Å²) in [7, 11) is 1.28. The third kappa shape index (κ3) is 2.79. The number of aromatic amines is 1. The lowest BCUT2D eigenvalue weighted by Gasteiger charge is -2.17. The number of fused-ring (bicyclic) bond motifs is 3. The molecule has 1 fully saturated rings. The van der Waals surface area contributed by atoms with Gasteiger partial charge in [0.2, 0.25) is 0 Å². The number of aromatic nitrogens is 7. The third-order valence-corrected chi connectivity index (χ3v) is 5.49. The Kier molecular flexibility index (Phi) is 4.11. The Balaban J connectivity index is 1.65. The van der Waals surface area contributed by atoms with Gasteiger partial charge >= 0.3 is 5.97 Å². The summed E-state index contributed by atoms with van der Waals surface area (Å²) in [6, 6.07) is 1.76. The maximum Gasteiger partial charge on any atom is 0.343 e. The van der Waals surface area contributed by atoms with Gasteiger partial charge in [0.05, 0.1) is 24.2 Å². The highest BCUT2D eigenvalue weighted by molar-refractivity contribution is 5.92. The van der Waals surface area contributed by atoms with Crippen molar-refractivity contribution in [3.05, 3.63) is 46.4 Å². The number of pyridine rings is 1. The Morgan fingerprint density at radius 2 is 2.07 bits per heavy atom. The molecule has 1 aliphatic carbocycles. The molecule has 0 unspecified atom stereocenters. The quantitative estimate of drug-likeness (QED) is 0.528. The smallest absolute Gasteiger partial charge is 0.343 e. The number of methoxy groups -OCH3 is 1. The highest BCUT2D eigenvalue weighted by Gasteiger charge is 2.22. The van der Waals surface area contributed by atoms with Crippen molar-refractivity contribution in [1.29, 1.82) is 0 Å². The van der Waals surface area contributed by atoms with Gasteiger partial charge in [0, 0.05) is 18.3 Å². The van der Waals surface area contributed by atoms with Gasteiger partial charge in [0.15, 0.2) is 5.82 Å². The van der Waals surface area contributed by atoms with Crippen molar-refractivity contribution in [1.82, 2.24) is 34.3 Å². The third-order valence-electron chi connectivity index (χ3n) is 5.49. The summed E-state index contributed by atoms with van der Waals surface area (Å²) in [5.74, 6) is 1.27. The molecule has 1 N–H and O–H groups in total. The zero-order valence-corrected chi connectivity index (χ0v) is 15.8. The number of carbonyl (C=O) groups is 1. The van der Waals surface area contributed by atoms with E-state index in [0.29, 0.717) is 22.6 Å². The number of rotatable bonds is 3. The fourth-order valence-corrected chi connectivity index (χ4v) is 3.97. The van der Waals surface area contributed by atoms with E-state index in [0.717, 1.165) is 18.7 Å². The van der Waals surface area contributed by atoms with E-state index in [1.165, 1.54) is 43.3 Å². The molecule has 0 radical (unpaired) electrons. The number of hydrogen-bond donors (Lipinski definition) is 1. The molecule has 0 amide bonds. The molecule has 4 heterocycles. The lowest BCUT2D eigenvalue weighted by Crippen LogP contribution is -2.21. The summed E-state index contributed by atoms with van der Waals surface area (Å²) >= 11 is 0. The van der Waals surface area contributed by atoms with Crippen LogP contribution in [0.25, 0.3) is 22.5 Å². The minimum atomic E-state index is -0.581. The molecule has 0 bridgehead atoms. The van der Waals surface area contributed by atoms with Gasteiger partial charge in [0.25, 0.3) is 11.3 Å². The first-order valence-electron chi connectivity index (χ1n) is 9.56. The van der Waals surface area contributed by atoms with E-state index in [2.05, 4.69) is 25.3 Å². The highest BCUT2D eigenvalue weighted by Crippen LogP contribution is 2.31. The number of H-pyrrole nitrogens is 1. The van der Waals surface area contributed by atoms with Gasteiger partial charge in [-0.2, -0.15) is 14.6 Å². The molecule has 5 rings (SSSR count). The Morgan fingerprint density at radius 3 is 2.86 bits per heavy atom. The molecule has 1 saturated carbocycles. The van der Waals surface area contributed by atoms with Crippen LogP contribution in [0.2, 0.25) is 0 Å². The summed E-state index contributed by atoms with van der Waals surface area (Å²) in [6.07, 6.45) is 10.2. The summed E-state index contributed by atoms with van der Waals surface area (Å²) in [5, 5.41) is 11.6. The molecular formula is C19H19N7O3. The SMILES string of the molecule is COC(=O)c1cn[nH]c1-n1ccc2c(cnc3nc(C4CCCCC4)nn32)c1=O. The molecule has 4 aromatic rings. The Labute approximate surface area is 164 Å². The van der Waals surface area contributed by atoms with Crippen LogP contribution >= 0.6 is 0 Å². The largest absolute Gasteiger partial charge is 0.465 e. The van der Waals surface area contributed by atoms with Crippen molar-refractivity contribution in [2.45, 2.75) is 38.0 Å². The summed E-state index contributed by atoms with van der Waals surface area (Å²) in [4.78, 5) is 34.0. The van der Waals surface area contributed by atoms with Crippen molar-refractivity contribution in [2.75, 3.05) is 7.11 Å². The van der Waals surface area contributed by atoms with Crippen LogP contribution in [0.1, 0.15) is 54.2 Å². The first kappa shape index (κ1) is 17.5. The van der Waals surface area contributed by atoms with Crippen molar-refractivity contribution < 1.29 is 9.53 Å². The molecular weight excluding hydrogens is 374 g/mol. The Morgan fingerprint density at radius 1 is 1.24 bits per heavy atom. The van der Waals surface area contributed by atoms with Gasteiger partial charge in [-0.3, -0.25) is 14.5 Å². The number of nitrogens with zero attached hydrogens (tertiary/aromatic N) is 6. The van der Waals surface area contributed by atoms with Gasteiger partial charge in [-0.1, -0.05) is 19.3 Å². The molecule has 0 aromatic carbocycles. The lowest BCUT2D eigenvalue weighted by molar-refractivity contribution is 0.0601. The van der Waals surface area contributed by atoms with Crippen molar-refractivity contribution in [2.24, 2.45) is 0 Å². The van der Waals surface area contributed by atoms with E-state index >= 15 is 0 Å². The van der Waals surface area contributed by atoms with Gasteiger partial charge in [-0.25, -0.2) is 9.78 Å². The van der Waals surface area contributed by atoms with Gasteiger partial charge in [0.1, 0.15) is 11.4 Å². The molecule has 29 heavy (non-hydrogen) atoms. The normalized spacial score (nSPS) is 15.2. The van der Waals surface area contributed by atoms with Crippen LogP contribution in [0.4, 0.5) is 0 Å². The monoisotopic (exact) mass is 393 g/mol. The van der Waals surface area contributed by atoms with Crippen LogP contribution in [0.5, 0.6) is 0 Å². The maximum atomic E-state index is 13.1. The van der Waals surface area contributed by atoms with E-state index in [-0.39, 0.29) is 16.9 Å². The predicted octanol–water partition coefficient (Wildman–Crippen LogP) is 1.99. The zero-order chi connectivity index (χ0) is 20.0. The minimum Gasteiger partial charge on any atom is -0.465 e. The van der Waals surface area contributed by atoms with Crippen LogP contribution in [-0.4, -0.2) is 47.4 Å². The van der Waals surface area contributed by atoms with Crippen LogP contribution in [0.3, 0.4) is 0 Å². The fourth-order valence-electron chi connectivity index (χ4n) is 3.97. The second-order valence-electron chi connectivity index (χ2n) is 7.19. The number of carbonyl (C=O) groups excluding carboxylic acids is 1. The predicted molar refractivity (Wildman–Crippen MR) is 103 cm³/mol. The molecule has 0 spiro atoms. The topological polar surface area (TPSA) is 120 Å². The first-order chi connectivity index (χ1) is 14.2. The average Bonchev–Trinajstić information content (AvgIpc) is 3.41. The van der Waals surface area contributed by atoms with Gasteiger partial charge in [-0.05, 0) is 18.9 Å². The average molecular weight is 393 g/mol. The minimum absolute atomic E-state index is 0.170. The molecule has 10 nitrogen and oxygen atoms in total. The maximum absolute atomic E-state index is 13.1.